The Hall–Kier alpha value is -2.24. The van der Waals surface area contributed by atoms with Gasteiger partial charge in [-0.15, -0.1) is 0 Å². The molecule has 0 saturated carbocycles. The molecule has 0 spiro atoms. The normalized spacial score (nSPS) is 10.3. The maximum absolute atomic E-state index is 11.6. The van der Waals surface area contributed by atoms with Crippen LogP contribution in [0.5, 0.6) is 5.75 Å². The predicted octanol–water partition coefficient (Wildman–Crippen LogP) is 4.06. The van der Waals surface area contributed by atoms with Crippen LogP contribution in [-0.4, -0.2) is 25.8 Å². The average Bonchev–Trinajstić information content (AvgIpc) is 2.69. The van der Waals surface area contributed by atoms with Crippen LogP contribution in [-0.2, 0) is 17.8 Å². The molecular formula is C20H25ClN2O3. The minimum atomic E-state index is -0.392. The van der Waals surface area contributed by atoms with Gasteiger partial charge in [0.15, 0.2) is 0 Å². The number of nitrogens with one attached hydrogen (secondary N) is 2. The van der Waals surface area contributed by atoms with E-state index in [0.29, 0.717) is 13.2 Å². The molecule has 0 aliphatic rings. The molecule has 0 aromatic heterocycles. The topological polar surface area (TPSA) is 59.6 Å². The van der Waals surface area contributed by atoms with Gasteiger partial charge < -0.3 is 14.8 Å². The number of rotatable bonds is 11. The Morgan fingerprint density at radius 2 is 1.69 bits per heavy atom. The molecule has 0 bridgehead atoms. The zero-order chi connectivity index (χ0) is 18.5. The number of hydrogen-bond acceptors (Lipinski definition) is 4. The molecule has 0 heterocycles. The standard InChI is InChI=1S/C20H25ClN2O3/c21-23-14-12-17-8-10-19(11-9-17)25-15-5-4-13-22-20(24)26-16-18-6-2-1-3-7-18/h1-3,6-11,23H,4-5,12-16H2,(H,22,24). The number of alkyl carbamates (subject to hydrolysis) is 1. The third-order valence-corrected chi connectivity index (χ3v) is 3.94. The molecule has 2 N–H and O–H groups in total. The van der Waals surface area contributed by atoms with Gasteiger partial charge in [0.05, 0.1) is 6.61 Å². The Balaban J connectivity index is 1.50. The van der Waals surface area contributed by atoms with Gasteiger partial charge in [-0.1, -0.05) is 42.5 Å². The Kier molecular flexibility index (Phi) is 9.40. The summed E-state index contributed by atoms with van der Waals surface area (Å²) in [5.74, 6) is 0.850. The van der Waals surface area contributed by atoms with Gasteiger partial charge in [0.1, 0.15) is 12.4 Å². The third-order valence-electron chi connectivity index (χ3n) is 3.75. The first-order chi connectivity index (χ1) is 12.8. The number of carbonyl (C=O) groups is 1. The highest BCUT2D eigenvalue weighted by molar-refractivity contribution is 6.13. The minimum absolute atomic E-state index is 0.284. The van der Waals surface area contributed by atoms with Crippen LogP contribution in [0.3, 0.4) is 0 Å². The SMILES string of the molecule is O=C(NCCCCOc1ccc(CCNCl)cc1)OCc1ccccc1. The summed E-state index contributed by atoms with van der Waals surface area (Å²) in [5, 5.41) is 2.75. The van der Waals surface area contributed by atoms with E-state index in [4.69, 9.17) is 21.3 Å². The van der Waals surface area contributed by atoms with E-state index in [-0.39, 0.29) is 6.61 Å². The Morgan fingerprint density at radius 3 is 2.42 bits per heavy atom. The lowest BCUT2D eigenvalue weighted by atomic mass is 10.1. The number of ether oxygens (including phenoxy) is 2. The Morgan fingerprint density at radius 1 is 0.923 bits per heavy atom. The van der Waals surface area contributed by atoms with Crippen molar-refractivity contribution in [2.24, 2.45) is 0 Å². The predicted molar refractivity (Wildman–Crippen MR) is 103 cm³/mol. The zero-order valence-electron chi connectivity index (χ0n) is 14.7. The van der Waals surface area contributed by atoms with Crippen LogP contribution in [0.2, 0.25) is 0 Å². The zero-order valence-corrected chi connectivity index (χ0v) is 15.5. The summed E-state index contributed by atoms with van der Waals surface area (Å²) in [4.78, 5) is 14.2. The number of halogens is 1. The second-order valence-corrected chi connectivity index (χ2v) is 6.09. The van der Waals surface area contributed by atoms with E-state index in [0.717, 1.165) is 37.1 Å². The van der Waals surface area contributed by atoms with Gasteiger partial charge >= 0.3 is 6.09 Å². The Labute approximate surface area is 159 Å². The van der Waals surface area contributed by atoms with E-state index in [9.17, 15) is 4.79 Å². The number of amides is 1. The van der Waals surface area contributed by atoms with Crippen molar-refractivity contribution in [1.29, 1.82) is 0 Å². The number of carbonyl (C=O) groups excluding carboxylic acids is 1. The van der Waals surface area contributed by atoms with Crippen molar-refractivity contribution in [3.05, 3.63) is 65.7 Å². The van der Waals surface area contributed by atoms with E-state index in [1.54, 1.807) is 0 Å². The maximum Gasteiger partial charge on any atom is 0.407 e. The minimum Gasteiger partial charge on any atom is -0.494 e. The highest BCUT2D eigenvalue weighted by atomic mass is 35.5. The lowest BCUT2D eigenvalue weighted by Crippen LogP contribution is -2.25. The van der Waals surface area contributed by atoms with Gasteiger partial charge in [0.25, 0.3) is 0 Å². The van der Waals surface area contributed by atoms with Gasteiger partial charge in [-0.05, 0) is 54.3 Å². The summed E-state index contributed by atoms with van der Waals surface area (Å²) in [7, 11) is 0. The average molecular weight is 377 g/mol. The summed E-state index contributed by atoms with van der Waals surface area (Å²) >= 11 is 5.45. The van der Waals surface area contributed by atoms with E-state index in [2.05, 4.69) is 10.2 Å². The molecule has 140 valence electrons. The van der Waals surface area contributed by atoms with E-state index < -0.39 is 6.09 Å². The first-order valence-electron chi connectivity index (χ1n) is 8.77. The molecule has 2 rings (SSSR count). The van der Waals surface area contributed by atoms with Crippen LogP contribution in [0.15, 0.2) is 54.6 Å². The molecule has 0 aliphatic heterocycles. The number of hydrogen-bond donors (Lipinski definition) is 2. The van der Waals surface area contributed by atoms with Crippen LogP contribution < -0.4 is 14.9 Å². The highest BCUT2D eigenvalue weighted by Gasteiger charge is 2.02. The molecule has 6 heteroatoms. The summed E-state index contributed by atoms with van der Waals surface area (Å²) in [6.45, 7) is 2.21. The van der Waals surface area contributed by atoms with E-state index in [1.165, 1.54) is 5.56 Å². The molecule has 0 aliphatic carbocycles. The van der Waals surface area contributed by atoms with E-state index in [1.807, 2.05) is 54.6 Å². The van der Waals surface area contributed by atoms with E-state index >= 15 is 0 Å². The summed E-state index contributed by atoms with van der Waals surface area (Å²) < 4.78 is 10.8. The first-order valence-corrected chi connectivity index (χ1v) is 9.15. The molecule has 0 unspecified atom stereocenters. The second kappa shape index (κ2) is 12.2. The van der Waals surface area contributed by atoms with Crippen molar-refractivity contribution in [1.82, 2.24) is 10.2 Å². The highest BCUT2D eigenvalue weighted by Crippen LogP contribution is 2.13. The van der Waals surface area contributed by atoms with Gasteiger partial charge in [0.2, 0.25) is 0 Å². The molecule has 2 aromatic carbocycles. The lowest BCUT2D eigenvalue weighted by Gasteiger charge is -2.08. The quantitative estimate of drug-likeness (QED) is 0.458. The molecule has 26 heavy (non-hydrogen) atoms. The van der Waals surface area contributed by atoms with Gasteiger partial charge in [0, 0.05) is 13.1 Å². The second-order valence-electron chi connectivity index (χ2n) is 5.82. The molecule has 0 saturated heterocycles. The number of benzene rings is 2. The Bertz CT molecular complexity index is 635. The fourth-order valence-electron chi connectivity index (χ4n) is 2.33. The molecule has 5 nitrogen and oxygen atoms in total. The molecule has 1 amide bonds. The van der Waals surface area contributed by atoms with Crippen molar-refractivity contribution in [2.45, 2.75) is 25.9 Å². The van der Waals surface area contributed by atoms with Gasteiger partial charge in [-0.2, -0.15) is 0 Å². The molecule has 0 atom stereocenters. The van der Waals surface area contributed by atoms with Crippen LogP contribution in [0.25, 0.3) is 0 Å². The molecule has 0 fully saturated rings. The van der Waals surface area contributed by atoms with Crippen molar-refractivity contribution < 1.29 is 14.3 Å². The van der Waals surface area contributed by atoms with Crippen LogP contribution in [0.1, 0.15) is 24.0 Å². The summed E-state index contributed by atoms with van der Waals surface area (Å²) in [6.07, 6.45) is 2.18. The van der Waals surface area contributed by atoms with Gasteiger partial charge in [-0.3, -0.25) is 0 Å². The van der Waals surface area contributed by atoms with Crippen molar-refractivity contribution in [2.75, 3.05) is 19.7 Å². The van der Waals surface area contributed by atoms with Crippen LogP contribution in [0.4, 0.5) is 4.79 Å². The van der Waals surface area contributed by atoms with Crippen LogP contribution >= 0.6 is 11.8 Å². The lowest BCUT2D eigenvalue weighted by molar-refractivity contribution is 0.139. The fourth-order valence-corrected chi connectivity index (χ4v) is 2.42. The van der Waals surface area contributed by atoms with Crippen molar-refractivity contribution >= 4 is 17.9 Å². The monoisotopic (exact) mass is 376 g/mol. The molecular weight excluding hydrogens is 352 g/mol. The van der Waals surface area contributed by atoms with Crippen molar-refractivity contribution in [3.63, 3.8) is 0 Å². The smallest absolute Gasteiger partial charge is 0.407 e. The largest absolute Gasteiger partial charge is 0.494 e. The maximum atomic E-state index is 11.6. The van der Waals surface area contributed by atoms with Crippen molar-refractivity contribution in [3.8, 4) is 5.75 Å². The molecule has 2 aromatic rings. The van der Waals surface area contributed by atoms with Crippen LogP contribution in [0, 0.1) is 0 Å². The third kappa shape index (κ3) is 8.23. The molecule has 0 radical (unpaired) electrons. The summed E-state index contributed by atoms with van der Waals surface area (Å²) in [6, 6.07) is 17.6. The fraction of sp³-hybridized carbons (Fsp3) is 0.350. The number of unbranched alkanes of at least 4 members (excludes halogenated alkanes) is 1. The summed E-state index contributed by atoms with van der Waals surface area (Å²) in [5.41, 5.74) is 2.18. The van der Waals surface area contributed by atoms with Gasteiger partial charge in [-0.25, -0.2) is 9.63 Å². The first kappa shape index (κ1) is 20.1.